The van der Waals surface area contributed by atoms with Gasteiger partial charge in [-0.15, -0.1) is 0 Å². The Morgan fingerprint density at radius 1 is 1.00 bits per heavy atom. The maximum absolute atomic E-state index is 13.1. The van der Waals surface area contributed by atoms with Crippen LogP contribution in [0.15, 0.2) is 77.8 Å². The van der Waals surface area contributed by atoms with Crippen molar-refractivity contribution in [1.29, 1.82) is 0 Å². The van der Waals surface area contributed by atoms with Gasteiger partial charge in [0.1, 0.15) is 5.92 Å². The van der Waals surface area contributed by atoms with Crippen molar-refractivity contribution in [2.75, 3.05) is 25.5 Å². The highest BCUT2D eigenvalue weighted by Gasteiger charge is 2.36. The molecule has 2 aliphatic rings. The van der Waals surface area contributed by atoms with E-state index in [1.165, 1.54) is 25.5 Å². The molecule has 2 aliphatic heterocycles. The monoisotopic (exact) mass is 453 g/mol. The predicted octanol–water partition coefficient (Wildman–Crippen LogP) is 4.93. The maximum Gasteiger partial charge on any atom is 0.337 e. The Bertz CT molecular complexity index is 1230. The first-order chi connectivity index (χ1) is 16.6. The highest BCUT2D eigenvalue weighted by molar-refractivity contribution is 6.24. The molecule has 6 heteroatoms. The summed E-state index contributed by atoms with van der Waals surface area (Å²) in [5.74, 6) is -1.23. The number of carbonyl (C=O) groups is 2. The number of hydrogen-bond acceptors (Lipinski definition) is 5. The summed E-state index contributed by atoms with van der Waals surface area (Å²) in [6.07, 6.45) is 2.54. The van der Waals surface area contributed by atoms with Crippen LogP contribution < -0.4 is 5.32 Å². The number of methoxy groups -OCH3 is 1. The van der Waals surface area contributed by atoms with Crippen molar-refractivity contribution in [1.82, 2.24) is 4.90 Å². The summed E-state index contributed by atoms with van der Waals surface area (Å²) in [7, 11) is 1.35. The van der Waals surface area contributed by atoms with Crippen LogP contribution in [0.1, 0.15) is 45.8 Å². The summed E-state index contributed by atoms with van der Waals surface area (Å²) in [5, 5.41) is 2.94. The molecule has 1 fully saturated rings. The molecule has 0 aromatic heterocycles. The van der Waals surface area contributed by atoms with Crippen molar-refractivity contribution < 1.29 is 14.3 Å². The van der Waals surface area contributed by atoms with Crippen molar-refractivity contribution in [3.63, 3.8) is 0 Å². The summed E-state index contributed by atoms with van der Waals surface area (Å²) < 4.78 is 4.88. The molecule has 1 saturated heterocycles. The first kappa shape index (κ1) is 22.0. The lowest BCUT2D eigenvalue weighted by Gasteiger charge is -2.16. The maximum atomic E-state index is 13.1. The zero-order chi connectivity index (χ0) is 23.5. The molecule has 1 amide bonds. The molecular formula is C28H27N3O3. The summed E-state index contributed by atoms with van der Waals surface area (Å²) in [6.45, 7) is 3.26. The fraction of sp³-hybridized carbons (Fsp3) is 0.250. The summed E-state index contributed by atoms with van der Waals surface area (Å²) in [4.78, 5) is 32.7. The number of nitrogens with one attached hydrogen (secondary N) is 1. The summed E-state index contributed by atoms with van der Waals surface area (Å²) in [5.41, 5.74) is 5.37. The molecule has 0 spiro atoms. The Morgan fingerprint density at radius 2 is 1.74 bits per heavy atom. The molecule has 3 aromatic rings. The number of likely N-dealkylation sites (tertiary alicyclic amines) is 1. The number of fused-ring (bicyclic) bond motifs is 1. The highest BCUT2D eigenvalue weighted by Crippen LogP contribution is 2.37. The Hall–Kier alpha value is -3.77. The molecule has 0 aliphatic carbocycles. The highest BCUT2D eigenvalue weighted by atomic mass is 16.5. The number of nitrogens with zero attached hydrogens (tertiary/aromatic N) is 2. The molecule has 6 nitrogen and oxygen atoms in total. The van der Waals surface area contributed by atoms with Crippen molar-refractivity contribution in [2.24, 2.45) is 4.99 Å². The van der Waals surface area contributed by atoms with Crippen LogP contribution >= 0.6 is 0 Å². The first-order valence-electron chi connectivity index (χ1n) is 11.6. The average Bonchev–Trinajstić information content (AvgIpc) is 3.50. The second-order valence-electron chi connectivity index (χ2n) is 8.73. The van der Waals surface area contributed by atoms with Gasteiger partial charge in [0, 0.05) is 12.2 Å². The number of ether oxygens (including phenoxy) is 1. The van der Waals surface area contributed by atoms with E-state index >= 15 is 0 Å². The van der Waals surface area contributed by atoms with Crippen LogP contribution in [0.2, 0.25) is 0 Å². The largest absolute Gasteiger partial charge is 0.465 e. The lowest BCUT2D eigenvalue weighted by molar-refractivity contribution is -0.115. The third kappa shape index (κ3) is 4.50. The van der Waals surface area contributed by atoms with E-state index < -0.39 is 11.9 Å². The number of benzene rings is 3. The quantitative estimate of drug-likeness (QED) is 0.425. The van der Waals surface area contributed by atoms with E-state index in [4.69, 9.17) is 9.73 Å². The molecule has 1 atom stereocenters. The van der Waals surface area contributed by atoms with E-state index in [1.807, 2.05) is 42.5 Å². The van der Waals surface area contributed by atoms with E-state index in [0.717, 1.165) is 36.4 Å². The molecule has 3 aromatic carbocycles. The lowest BCUT2D eigenvalue weighted by atomic mass is 9.89. The van der Waals surface area contributed by atoms with Crippen LogP contribution in [0.5, 0.6) is 0 Å². The van der Waals surface area contributed by atoms with Gasteiger partial charge in [-0.1, -0.05) is 42.5 Å². The normalized spacial score (nSPS) is 18.0. The van der Waals surface area contributed by atoms with E-state index in [2.05, 4.69) is 22.3 Å². The fourth-order valence-electron chi connectivity index (χ4n) is 4.70. The van der Waals surface area contributed by atoms with Crippen LogP contribution in [-0.4, -0.2) is 42.7 Å². The van der Waals surface area contributed by atoms with Crippen LogP contribution in [0.4, 0.5) is 11.4 Å². The Morgan fingerprint density at radius 3 is 2.44 bits per heavy atom. The lowest BCUT2D eigenvalue weighted by Crippen LogP contribution is -2.22. The van der Waals surface area contributed by atoms with Gasteiger partial charge in [0.05, 0.1) is 24.1 Å². The minimum Gasteiger partial charge on any atom is -0.465 e. The van der Waals surface area contributed by atoms with Gasteiger partial charge in [-0.2, -0.15) is 0 Å². The van der Waals surface area contributed by atoms with Gasteiger partial charge in [-0.3, -0.25) is 14.7 Å². The molecule has 34 heavy (non-hydrogen) atoms. The molecule has 5 rings (SSSR count). The second kappa shape index (κ2) is 9.61. The van der Waals surface area contributed by atoms with Crippen molar-refractivity contribution in [2.45, 2.75) is 25.3 Å². The number of amides is 1. The molecule has 172 valence electrons. The first-order valence-corrected chi connectivity index (χ1v) is 11.6. The summed E-state index contributed by atoms with van der Waals surface area (Å²) in [6, 6.07) is 23.1. The minimum atomic E-state index is -0.633. The molecule has 2 heterocycles. The van der Waals surface area contributed by atoms with Gasteiger partial charge in [-0.25, -0.2) is 4.79 Å². The van der Waals surface area contributed by atoms with E-state index in [1.54, 1.807) is 18.2 Å². The van der Waals surface area contributed by atoms with Crippen molar-refractivity contribution in [3.05, 3.63) is 95.1 Å². The minimum absolute atomic E-state index is 0.162. The van der Waals surface area contributed by atoms with Crippen LogP contribution in [0.25, 0.3) is 0 Å². The molecule has 0 saturated carbocycles. The Balaban J connectivity index is 1.52. The van der Waals surface area contributed by atoms with Crippen molar-refractivity contribution in [3.8, 4) is 0 Å². The van der Waals surface area contributed by atoms with Gasteiger partial charge in [-0.05, 0) is 73.0 Å². The molecule has 0 radical (unpaired) electrons. The number of carbonyl (C=O) groups excluding carboxylic acids is 2. The second-order valence-corrected chi connectivity index (χ2v) is 8.73. The van der Waals surface area contributed by atoms with Gasteiger partial charge >= 0.3 is 5.97 Å². The van der Waals surface area contributed by atoms with Crippen LogP contribution in [0, 0.1) is 0 Å². The van der Waals surface area contributed by atoms with E-state index in [0.29, 0.717) is 17.0 Å². The number of rotatable bonds is 6. The van der Waals surface area contributed by atoms with Crippen LogP contribution in [0.3, 0.4) is 0 Å². The third-order valence-electron chi connectivity index (χ3n) is 6.44. The number of esters is 1. The zero-order valence-corrected chi connectivity index (χ0v) is 19.2. The Kier molecular flexibility index (Phi) is 6.23. The van der Waals surface area contributed by atoms with Gasteiger partial charge < -0.3 is 10.1 Å². The van der Waals surface area contributed by atoms with Crippen LogP contribution in [-0.2, 0) is 16.1 Å². The van der Waals surface area contributed by atoms with Gasteiger partial charge in [0.15, 0.2) is 0 Å². The van der Waals surface area contributed by atoms with E-state index in [-0.39, 0.29) is 5.91 Å². The fourth-order valence-corrected chi connectivity index (χ4v) is 4.70. The smallest absolute Gasteiger partial charge is 0.337 e. The summed E-state index contributed by atoms with van der Waals surface area (Å²) >= 11 is 0. The molecule has 1 unspecified atom stereocenters. The third-order valence-corrected chi connectivity index (χ3v) is 6.44. The van der Waals surface area contributed by atoms with Crippen molar-refractivity contribution >= 4 is 29.0 Å². The van der Waals surface area contributed by atoms with Gasteiger partial charge in [0.2, 0.25) is 5.91 Å². The Labute approximate surface area is 199 Å². The SMILES string of the molecule is COC(=O)c1ccc2c(c1)C(C(=Nc1ccc(CN3CCCC3)cc1)c1ccccc1)C(=O)N2. The predicted molar refractivity (Wildman–Crippen MR) is 133 cm³/mol. The molecular weight excluding hydrogens is 426 g/mol. The standard InChI is InChI=1S/C28H27N3O3/c1-34-28(33)21-11-14-24-23(17-21)25(27(32)30-24)26(20-7-3-2-4-8-20)29-22-12-9-19(10-13-22)18-31-15-5-6-16-31/h2-4,7-14,17,25H,5-6,15-16,18H2,1H3,(H,30,32). The number of aliphatic imine (C=N–C) groups is 1. The topological polar surface area (TPSA) is 71.0 Å². The number of anilines is 1. The molecule has 1 N–H and O–H groups in total. The van der Waals surface area contributed by atoms with Gasteiger partial charge in [0.25, 0.3) is 0 Å². The zero-order valence-electron chi connectivity index (χ0n) is 19.2. The number of hydrogen-bond donors (Lipinski definition) is 1. The average molecular weight is 454 g/mol. The van der Waals surface area contributed by atoms with E-state index in [9.17, 15) is 9.59 Å². The molecule has 0 bridgehead atoms.